The van der Waals surface area contributed by atoms with Gasteiger partial charge in [-0.25, -0.2) is 9.59 Å². The Balaban J connectivity index is 0.000000427. The van der Waals surface area contributed by atoms with Gasteiger partial charge in [0.2, 0.25) is 0 Å². The van der Waals surface area contributed by atoms with E-state index in [-0.39, 0.29) is 5.91 Å². The molecule has 1 aliphatic heterocycles. The van der Waals surface area contributed by atoms with Crippen molar-refractivity contribution < 1.29 is 24.6 Å². The van der Waals surface area contributed by atoms with E-state index in [4.69, 9.17) is 31.4 Å². The van der Waals surface area contributed by atoms with E-state index in [0.717, 1.165) is 54.1 Å². The molecule has 0 radical (unpaired) electrons. The Bertz CT molecular complexity index is 1110. The summed E-state index contributed by atoms with van der Waals surface area (Å²) in [4.78, 5) is 35.6. The molecule has 4 rings (SSSR count). The third-order valence-corrected chi connectivity index (χ3v) is 5.39. The summed E-state index contributed by atoms with van der Waals surface area (Å²) in [5.41, 5.74) is 2.01. The molecule has 1 saturated heterocycles. The summed E-state index contributed by atoms with van der Waals surface area (Å²) in [6, 6.07) is 22.0. The first-order valence-corrected chi connectivity index (χ1v) is 10.4. The number of aliphatic carboxylic acids is 2. The van der Waals surface area contributed by atoms with Crippen molar-refractivity contribution in [3.63, 3.8) is 0 Å². The Morgan fingerprint density at radius 2 is 1.44 bits per heavy atom. The predicted octanol–water partition coefficient (Wildman–Crippen LogP) is 3.61. The van der Waals surface area contributed by atoms with Gasteiger partial charge in [0.25, 0.3) is 5.91 Å². The molecule has 3 aromatic carbocycles. The maximum atomic E-state index is 13.0. The van der Waals surface area contributed by atoms with E-state index in [1.54, 1.807) is 0 Å². The predicted molar refractivity (Wildman–Crippen MR) is 122 cm³/mol. The van der Waals surface area contributed by atoms with Crippen LogP contribution in [0.5, 0.6) is 0 Å². The fourth-order valence-corrected chi connectivity index (χ4v) is 3.80. The lowest BCUT2D eigenvalue weighted by molar-refractivity contribution is -0.159. The molecule has 0 spiro atoms. The van der Waals surface area contributed by atoms with Crippen LogP contribution in [0.1, 0.15) is 15.9 Å². The van der Waals surface area contributed by atoms with Crippen molar-refractivity contribution >= 4 is 40.2 Å². The van der Waals surface area contributed by atoms with Gasteiger partial charge in [0, 0.05) is 43.3 Å². The highest BCUT2D eigenvalue weighted by atomic mass is 35.5. The zero-order chi connectivity index (χ0) is 23.1. The molecular weight excluding hydrogens is 432 g/mol. The van der Waals surface area contributed by atoms with E-state index in [2.05, 4.69) is 23.1 Å². The third kappa shape index (κ3) is 6.06. The number of benzene rings is 3. The molecule has 166 valence electrons. The van der Waals surface area contributed by atoms with E-state index in [1.165, 1.54) is 5.56 Å². The van der Waals surface area contributed by atoms with E-state index < -0.39 is 11.9 Å². The number of fused-ring (bicyclic) bond motifs is 1. The Hall–Kier alpha value is -3.42. The summed E-state index contributed by atoms with van der Waals surface area (Å²) in [5.74, 6) is -3.52. The number of carboxylic acid groups (broad SMARTS) is 2. The zero-order valence-electron chi connectivity index (χ0n) is 17.3. The van der Waals surface area contributed by atoms with Crippen LogP contribution in [0.4, 0.5) is 0 Å². The molecule has 1 amide bonds. The molecule has 0 atom stereocenters. The minimum absolute atomic E-state index is 0.129. The molecule has 7 nitrogen and oxygen atoms in total. The molecule has 1 heterocycles. The first-order valence-electron chi connectivity index (χ1n) is 10.0. The molecule has 1 aliphatic rings. The van der Waals surface area contributed by atoms with Gasteiger partial charge in [-0.2, -0.15) is 0 Å². The number of carbonyl (C=O) groups is 3. The summed E-state index contributed by atoms with van der Waals surface area (Å²) in [7, 11) is 0. The van der Waals surface area contributed by atoms with Crippen molar-refractivity contribution in [3.05, 3.63) is 82.9 Å². The maximum absolute atomic E-state index is 13.0. The molecule has 8 heteroatoms. The minimum atomic E-state index is -1.82. The lowest BCUT2D eigenvalue weighted by Crippen LogP contribution is -2.48. The van der Waals surface area contributed by atoms with Crippen LogP contribution in [0, 0.1) is 0 Å². The monoisotopic (exact) mass is 454 g/mol. The summed E-state index contributed by atoms with van der Waals surface area (Å²) >= 11 is 6.07. The summed E-state index contributed by atoms with van der Waals surface area (Å²) in [6.45, 7) is 4.13. The normalized spacial score (nSPS) is 13.8. The molecule has 1 fully saturated rings. The maximum Gasteiger partial charge on any atom is 0.414 e. The van der Waals surface area contributed by atoms with Gasteiger partial charge in [-0.1, -0.05) is 60.1 Å². The lowest BCUT2D eigenvalue weighted by Gasteiger charge is -2.35. The minimum Gasteiger partial charge on any atom is -0.473 e. The van der Waals surface area contributed by atoms with Crippen LogP contribution in [-0.4, -0.2) is 64.0 Å². The average Bonchev–Trinajstić information content (AvgIpc) is 2.79. The van der Waals surface area contributed by atoms with Crippen molar-refractivity contribution in [1.82, 2.24) is 9.80 Å². The fraction of sp³-hybridized carbons (Fsp3) is 0.208. The Kier molecular flexibility index (Phi) is 7.81. The van der Waals surface area contributed by atoms with Crippen molar-refractivity contribution in [2.75, 3.05) is 26.2 Å². The van der Waals surface area contributed by atoms with Crippen LogP contribution < -0.4 is 0 Å². The van der Waals surface area contributed by atoms with Gasteiger partial charge >= 0.3 is 11.9 Å². The first-order chi connectivity index (χ1) is 15.3. The van der Waals surface area contributed by atoms with Crippen LogP contribution in [-0.2, 0) is 16.1 Å². The highest BCUT2D eigenvalue weighted by Gasteiger charge is 2.23. The van der Waals surface area contributed by atoms with Gasteiger partial charge < -0.3 is 15.1 Å². The number of halogens is 1. The summed E-state index contributed by atoms with van der Waals surface area (Å²) in [5, 5.41) is 17.7. The standard InChI is InChI=1S/C22H21ClN2O.C2H2O4/c23-19-8-3-5-17(15-19)16-24-11-13-25(14-12-24)22(26)21-10-4-7-18-6-1-2-9-20(18)21;3-1(4)2(5)6/h1-10,15H,11-14,16H2;(H,3,4)(H,5,6). The Labute approximate surface area is 190 Å². The smallest absolute Gasteiger partial charge is 0.414 e. The molecular formula is C24H23ClN2O5. The third-order valence-electron chi connectivity index (χ3n) is 5.16. The van der Waals surface area contributed by atoms with Gasteiger partial charge in [-0.3, -0.25) is 9.69 Å². The van der Waals surface area contributed by atoms with Crippen LogP contribution in [0.25, 0.3) is 10.8 Å². The van der Waals surface area contributed by atoms with Crippen LogP contribution in [0.3, 0.4) is 0 Å². The number of rotatable bonds is 3. The molecule has 0 saturated carbocycles. The molecule has 32 heavy (non-hydrogen) atoms. The Morgan fingerprint density at radius 3 is 2.09 bits per heavy atom. The van der Waals surface area contributed by atoms with Gasteiger partial charge in [0.05, 0.1) is 0 Å². The number of hydrogen-bond donors (Lipinski definition) is 2. The number of carboxylic acids is 2. The first kappa shape index (κ1) is 23.2. The van der Waals surface area contributed by atoms with Crippen molar-refractivity contribution in [3.8, 4) is 0 Å². The number of nitrogens with zero attached hydrogens (tertiary/aromatic N) is 2. The van der Waals surface area contributed by atoms with E-state index in [0.29, 0.717) is 0 Å². The fourth-order valence-electron chi connectivity index (χ4n) is 3.58. The lowest BCUT2D eigenvalue weighted by atomic mass is 10.0. The van der Waals surface area contributed by atoms with Crippen LogP contribution >= 0.6 is 11.6 Å². The summed E-state index contributed by atoms with van der Waals surface area (Å²) < 4.78 is 0. The van der Waals surface area contributed by atoms with Crippen LogP contribution in [0.15, 0.2) is 66.7 Å². The molecule has 2 N–H and O–H groups in total. The molecule has 0 unspecified atom stereocenters. The van der Waals surface area contributed by atoms with Crippen molar-refractivity contribution in [2.45, 2.75) is 6.54 Å². The van der Waals surface area contributed by atoms with Crippen molar-refractivity contribution in [1.29, 1.82) is 0 Å². The van der Waals surface area contributed by atoms with E-state index >= 15 is 0 Å². The average molecular weight is 455 g/mol. The number of amides is 1. The van der Waals surface area contributed by atoms with E-state index in [9.17, 15) is 4.79 Å². The SMILES string of the molecule is O=C(O)C(=O)O.O=C(c1cccc2ccccc12)N1CCN(Cc2cccc(Cl)c2)CC1. The zero-order valence-corrected chi connectivity index (χ0v) is 18.0. The number of hydrogen-bond acceptors (Lipinski definition) is 4. The van der Waals surface area contributed by atoms with E-state index in [1.807, 2.05) is 53.4 Å². The number of carbonyl (C=O) groups excluding carboxylic acids is 1. The largest absolute Gasteiger partial charge is 0.473 e. The van der Waals surface area contributed by atoms with Gasteiger partial charge in [0.15, 0.2) is 0 Å². The Morgan fingerprint density at radius 1 is 0.812 bits per heavy atom. The topological polar surface area (TPSA) is 98.1 Å². The second kappa shape index (κ2) is 10.7. The molecule has 3 aromatic rings. The number of piperazine rings is 1. The highest BCUT2D eigenvalue weighted by Crippen LogP contribution is 2.21. The molecule has 0 aromatic heterocycles. The highest BCUT2D eigenvalue weighted by molar-refractivity contribution is 6.30. The second-order valence-electron chi connectivity index (χ2n) is 7.34. The summed E-state index contributed by atoms with van der Waals surface area (Å²) in [6.07, 6.45) is 0. The van der Waals surface area contributed by atoms with Gasteiger partial charge in [0.1, 0.15) is 0 Å². The molecule has 0 bridgehead atoms. The van der Waals surface area contributed by atoms with Crippen molar-refractivity contribution in [2.24, 2.45) is 0 Å². The quantitative estimate of drug-likeness (QED) is 0.587. The van der Waals surface area contributed by atoms with Gasteiger partial charge in [-0.05, 0) is 34.5 Å². The van der Waals surface area contributed by atoms with Crippen LogP contribution in [0.2, 0.25) is 5.02 Å². The molecule has 0 aliphatic carbocycles. The van der Waals surface area contributed by atoms with Gasteiger partial charge in [-0.15, -0.1) is 0 Å². The second-order valence-corrected chi connectivity index (χ2v) is 7.77.